The summed E-state index contributed by atoms with van der Waals surface area (Å²) >= 11 is 5.31. The average Bonchev–Trinajstić information content (AvgIpc) is 1.83. The Hall–Kier alpha value is -0.0800. The third-order valence-electron chi connectivity index (χ3n) is 0.817. The van der Waals surface area contributed by atoms with Gasteiger partial charge >= 0.3 is 0 Å². The van der Waals surface area contributed by atoms with E-state index in [4.69, 9.17) is 17.3 Å². The number of hydrogen-bond donors (Lipinski definition) is 1. The van der Waals surface area contributed by atoms with Gasteiger partial charge in [-0.1, -0.05) is 0 Å². The SMILES string of the molecule is NCC(=O)CCCCl. The maximum absolute atomic E-state index is 10.4. The fourth-order valence-electron chi connectivity index (χ4n) is 0.366. The summed E-state index contributed by atoms with van der Waals surface area (Å²) in [6.07, 6.45) is 1.28. The fourth-order valence-corrected chi connectivity index (χ4v) is 0.500. The molecule has 48 valence electrons. The number of halogens is 1. The molecule has 0 unspecified atom stereocenters. The van der Waals surface area contributed by atoms with Crippen LogP contribution in [0, 0.1) is 0 Å². The Kier molecular flexibility index (Phi) is 5.01. The lowest BCUT2D eigenvalue weighted by atomic mass is 10.2. The van der Waals surface area contributed by atoms with Gasteiger partial charge in [-0.2, -0.15) is 0 Å². The third kappa shape index (κ3) is 4.09. The fraction of sp³-hybridized carbons (Fsp3) is 0.800. The van der Waals surface area contributed by atoms with Crippen molar-refractivity contribution < 1.29 is 4.79 Å². The van der Waals surface area contributed by atoms with Crippen LogP contribution in [0.1, 0.15) is 12.8 Å². The summed E-state index contributed by atoms with van der Waals surface area (Å²) in [5.74, 6) is 0.636. The van der Waals surface area contributed by atoms with E-state index in [1.165, 1.54) is 0 Å². The molecule has 0 aliphatic rings. The van der Waals surface area contributed by atoms with Crippen LogP contribution in [0.25, 0.3) is 0 Å². The topological polar surface area (TPSA) is 43.1 Å². The van der Waals surface area contributed by atoms with Gasteiger partial charge in [0.2, 0.25) is 0 Å². The van der Waals surface area contributed by atoms with Gasteiger partial charge in [0, 0.05) is 12.3 Å². The molecular weight excluding hydrogens is 126 g/mol. The van der Waals surface area contributed by atoms with Crippen molar-refractivity contribution >= 4 is 17.4 Å². The van der Waals surface area contributed by atoms with Crippen LogP contribution >= 0.6 is 11.6 Å². The Morgan fingerprint density at radius 3 is 2.62 bits per heavy atom. The number of carbonyl (C=O) groups is 1. The van der Waals surface area contributed by atoms with E-state index in [0.717, 1.165) is 6.42 Å². The second kappa shape index (κ2) is 5.06. The second-order valence-corrected chi connectivity index (χ2v) is 1.91. The first-order chi connectivity index (χ1) is 3.81. The summed E-state index contributed by atoms with van der Waals surface area (Å²) in [6, 6.07) is 0. The summed E-state index contributed by atoms with van der Waals surface area (Å²) in [6.45, 7) is 0.150. The van der Waals surface area contributed by atoms with Gasteiger partial charge in [-0.05, 0) is 6.42 Å². The maximum Gasteiger partial charge on any atom is 0.146 e. The summed E-state index contributed by atoms with van der Waals surface area (Å²) in [7, 11) is 0. The molecule has 0 aromatic rings. The number of alkyl halides is 1. The van der Waals surface area contributed by atoms with E-state index in [9.17, 15) is 4.79 Å². The molecule has 2 N–H and O–H groups in total. The van der Waals surface area contributed by atoms with Gasteiger partial charge in [-0.15, -0.1) is 11.6 Å². The molecule has 0 amide bonds. The molecule has 0 bridgehead atoms. The van der Waals surface area contributed by atoms with E-state index in [-0.39, 0.29) is 12.3 Å². The molecule has 2 nitrogen and oxygen atoms in total. The summed E-state index contributed by atoms with van der Waals surface area (Å²) in [5.41, 5.74) is 5.02. The van der Waals surface area contributed by atoms with Crippen molar-refractivity contribution in [3.63, 3.8) is 0 Å². The van der Waals surface area contributed by atoms with Crippen molar-refractivity contribution in [2.24, 2.45) is 5.73 Å². The highest BCUT2D eigenvalue weighted by Crippen LogP contribution is 1.90. The lowest BCUT2D eigenvalue weighted by molar-refractivity contribution is -0.117. The predicted molar refractivity (Wildman–Crippen MR) is 34.0 cm³/mol. The average molecular weight is 136 g/mol. The van der Waals surface area contributed by atoms with E-state index < -0.39 is 0 Å². The summed E-state index contributed by atoms with van der Waals surface area (Å²) < 4.78 is 0. The highest BCUT2D eigenvalue weighted by Gasteiger charge is 1.94. The Balaban J connectivity index is 2.99. The van der Waals surface area contributed by atoms with Gasteiger partial charge in [-0.25, -0.2) is 0 Å². The molecule has 0 saturated carbocycles. The molecule has 0 fully saturated rings. The van der Waals surface area contributed by atoms with Gasteiger partial charge in [-0.3, -0.25) is 4.79 Å². The zero-order valence-corrected chi connectivity index (χ0v) is 5.45. The number of Topliss-reactive ketones (excluding diaryl/α,β-unsaturated/α-hetero) is 1. The minimum absolute atomic E-state index is 0.0886. The van der Waals surface area contributed by atoms with Crippen LogP contribution in [0.4, 0.5) is 0 Å². The number of ketones is 1. The van der Waals surface area contributed by atoms with Crippen molar-refractivity contribution in [3.8, 4) is 0 Å². The first kappa shape index (κ1) is 7.92. The van der Waals surface area contributed by atoms with Gasteiger partial charge in [0.15, 0.2) is 0 Å². The number of hydrogen-bond acceptors (Lipinski definition) is 2. The normalized spacial score (nSPS) is 9.25. The summed E-state index contributed by atoms with van der Waals surface area (Å²) in [4.78, 5) is 10.4. The van der Waals surface area contributed by atoms with E-state index in [1.807, 2.05) is 0 Å². The van der Waals surface area contributed by atoms with Gasteiger partial charge < -0.3 is 5.73 Å². The van der Waals surface area contributed by atoms with E-state index in [2.05, 4.69) is 0 Å². The molecular formula is C5H10ClNO. The molecule has 0 aromatic carbocycles. The number of rotatable bonds is 4. The molecule has 0 saturated heterocycles. The maximum atomic E-state index is 10.4. The van der Waals surface area contributed by atoms with Crippen molar-refractivity contribution in [1.82, 2.24) is 0 Å². The Bertz CT molecular complexity index is 74.8. The molecule has 8 heavy (non-hydrogen) atoms. The van der Waals surface area contributed by atoms with Crippen molar-refractivity contribution in [2.45, 2.75) is 12.8 Å². The Morgan fingerprint density at radius 1 is 1.62 bits per heavy atom. The zero-order chi connectivity index (χ0) is 6.41. The van der Waals surface area contributed by atoms with Crippen molar-refractivity contribution in [3.05, 3.63) is 0 Å². The molecule has 0 rings (SSSR count). The Morgan fingerprint density at radius 2 is 2.25 bits per heavy atom. The molecule has 3 heteroatoms. The van der Waals surface area contributed by atoms with E-state index in [0.29, 0.717) is 12.3 Å². The van der Waals surface area contributed by atoms with Gasteiger partial charge in [0.25, 0.3) is 0 Å². The second-order valence-electron chi connectivity index (χ2n) is 1.54. The van der Waals surface area contributed by atoms with E-state index >= 15 is 0 Å². The van der Waals surface area contributed by atoms with Gasteiger partial charge in [0.05, 0.1) is 6.54 Å². The quantitative estimate of drug-likeness (QED) is 0.572. The van der Waals surface area contributed by atoms with Crippen molar-refractivity contribution in [1.29, 1.82) is 0 Å². The third-order valence-corrected chi connectivity index (χ3v) is 1.08. The zero-order valence-electron chi connectivity index (χ0n) is 4.69. The van der Waals surface area contributed by atoms with E-state index in [1.54, 1.807) is 0 Å². The lowest BCUT2D eigenvalue weighted by Gasteiger charge is -1.90. The predicted octanol–water partition coefficient (Wildman–Crippen LogP) is 0.533. The summed E-state index contributed by atoms with van der Waals surface area (Å²) in [5, 5.41) is 0. The molecule has 0 heterocycles. The van der Waals surface area contributed by atoms with Crippen molar-refractivity contribution in [2.75, 3.05) is 12.4 Å². The smallest absolute Gasteiger partial charge is 0.146 e. The highest BCUT2D eigenvalue weighted by atomic mass is 35.5. The van der Waals surface area contributed by atoms with Crippen LogP contribution < -0.4 is 5.73 Å². The van der Waals surface area contributed by atoms with Crippen LogP contribution in [0.3, 0.4) is 0 Å². The lowest BCUT2D eigenvalue weighted by Crippen LogP contribution is -2.12. The Labute approximate surface area is 54.0 Å². The van der Waals surface area contributed by atoms with Crippen LogP contribution in [0.15, 0.2) is 0 Å². The van der Waals surface area contributed by atoms with Crippen LogP contribution in [0.5, 0.6) is 0 Å². The monoisotopic (exact) mass is 135 g/mol. The molecule has 0 spiro atoms. The first-order valence-corrected chi connectivity index (χ1v) is 3.12. The largest absolute Gasteiger partial charge is 0.324 e. The number of carbonyl (C=O) groups excluding carboxylic acids is 1. The number of nitrogens with two attached hydrogens (primary N) is 1. The molecule has 0 aromatic heterocycles. The minimum Gasteiger partial charge on any atom is -0.324 e. The first-order valence-electron chi connectivity index (χ1n) is 2.59. The highest BCUT2D eigenvalue weighted by molar-refractivity contribution is 6.17. The molecule has 0 radical (unpaired) electrons. The molecule has 0 aliphatic carbocycles. The van der Waals surface area contributed by atoms with Crippen LogP contribution in [-0.2, 0) is 4.79 Å². The van der Waals surface area contributed by atoms with Gasteiger partial charge in [0.1, 0.15) is 5.78 Å². The van der Waals surface area contributed by atoms with Crippen LogP contribution in [-0.4, -0.2) is 18.2 Å². The van der Waals surface area contributed by atoms with Crippen LogP contribution in [0.2, 0.25) is 0 Å². The minimum atomic E-state index is 0.0886. The molecule has 0 aliphatic heterocycles. The standard InChI is InChI=1S/C5H10ClNO/c6-3-1-2-5(8)4-7/h1-4,7H2. The molecule has 0 atom stereocenters.